The topological polar surface area (TPSA) is 57.6 Å². The normalized spacial score (nSPS) is 21.0. The summed E-state index contributed by atoms with van der Waals surface area (Å²) in [4.78, 5) is 24.4. The molecule has 1 atom stereocenters. The van der Waals surface area contributed by atoms with Crippen molar-refractivity contribution in [3.8, 4) is 0 Å². The highest BCUT2D eigenvalue weighted by Crippen LogP contribution is 2.26. The summed E-state index contributed by atoms with van der Waals surface area (Å²) in [5.74, 6) is 1.58. The van der Waals surface area contributed by atoms with Crippen molar-refractivity contribution in [2.45, 2.75) is 38.6 Å². The van der Waals surface area contributed by atoms with Gasteiger partial charge in [0.05, 0.1) is 0 Å². The lowest BCUT2D eigenvalue weighted by atomic mass is 9.98. The van der Waals surface area contributed by atoms with Crippen LogP contribution < -0.4 is 0 Å². The van der Waals surface area contributed by atoms with Crippen molar-refractivity contribution in [3.05, 3.63) is 0 Å². The second kappa shape index (κ2) is 5.76. The molecule has 0 aromatic carbocycles. The molecule has 1 heterocycles. The molecule has 1 aliphatic rings. The number of nitrogens with zero attached hydrogens (tertiary/aromatic N) is 1. The molecule has 0 aromatic heterocycles. The van der Waals surface area contributed by atoms with E-state index in [1.807, 2.05) is 11.8 Å². The molecular weight excluding hydrogens is 238 g/mol. The number of hydrogen-bond donors (Lipinski definition) is 1. The van der Waals surface area contributed by atoms with E-state index in [9.17, 15) is 9.59 Å². The Labute approximate surface area is 107 Å². The molecule has 1 aliphatic heterocycles. The van der Waals surface area contributed by atoms with Crippen LogP contribution in [-0.4, -0.2) is 46.0 Å². The number of carboxylic acid groups (broad SMARTS) is 1. The Balaban J connectivity index is 2.54. The molecule has 1 unspecified atom stereocenters. The maximum Gasteiger partial charge on any atom is 0.329 e. The van der Waals surface area contributed by atoms with Gasteiger partial charge in [-0.05, 0) is 44.1 Å². The fraction of sp³-hybridized carbons (Fsp3) is 0.833. The highest BCUT2D eigenvalue weighted by atomic mass is 32.2. The van der Waals surface area contributed by atoms with Gasteiger partial charge in [0.25, 0.3) is 0 Å². The number of rotatable bonds is 4. The molecule has 5 heteroatoms. The van der Waals surface area contributed by atoms with Gasteiger partial charge in [0.15, 0.2) is 0 Å². The molecule has 0 aromatic rings. The smallest absolute Gasteiger partial charge is 0.329 e. The van der Waals surface area contributed by atoms with Crippen molar-refractivity contribution in [2.75, 3.05) is 18.6 Å². The third-order valence-electron chi connectivity index (χ3n) is 3.45. The van der Waals surface area contributed by atoms with Crippen LogP contribution in [0.5, 0.6) is 0 Å². The molecule has 1 saturated heterocycles. The van der Waals surface area contributed by atoms with Crippen molar-refractivity contribution in [2.24, 2.45) is 5.92 Å². The molecule has 4 nitrogen and oxygen atoms in total. The molecule has 1 rings (SSSR count). The van der Waals surface area contributed by atoms with Gasteiger partial charge in [0.1, 0.15) is 5.54 Å². The van der Waals surface area contributed by atoms with Crippen molar-refractivity contribution in [3.63, 3.8) is 0 Å². The van der Waals surface area contributed by atoms with Crippen LogP contribution in [0.2, 0.25) is 0 Å². The van der Waals surface area contributed by atoms with Gasteiger partial charge in [0.2, 0.25) is 5.91 Å². The monoisotopic (exact) mass is 259 g/mol. The Morgan fingerprint density at radius 1 is 1.47 bits per heavy atom. The molecule has 1 fully saturated rings. The van der Waals surface area contributed by atoms with Crippen molar-refractivity contribution in [1.29, 1.82) is 0 Å². The summed E-state index contributed by atoms with van der Waals surface area (Å²) in [6.45, 7) is 3.12. The minimum Gasteiger partial charge on any atom is -0.480 e. The molecule has 0 saturated carbocycles. The molecule has 17 heavy (non-hydrogen) atoms. The van der Waals surface area contributed by atoms with E-state index in [1.54, 1.807) is 20.9 Å². The summed E-state index contributed by atoms with van der Waals surface area (Å²) in [5.41, 5.74) is -1.13. The van der Waals surface area contributed by atoms with Crippen molar-refractivity contribution < 1.29 is 14.7 Å². The Kier molecular flexibility index (Phi) is 4.86. The van der Waals surface area contributed by atoms with Crippen LogP contribution in [0, 0.1) is 5.92 Å². The number of thioether (sulfide) groups is 1. The van der Waals surface area contributed by atoms with Gasteiger partial charge in [-0.1, -0.05) is 0 Å². The first-order chi connectivity index (χ1) is 7.85. The summed E-state index contributed by atoms with van der Waals surface area (Å²) in [6, 6.07) is 0. The first-order valence-corrected chi connectivity index (χ1v) is 7.09. The second-order valence-electron chi connectivity index (χ2n) is 5.10. The summed E-state index contributed by atoms with van der Waals surface area (Å²) in [6.07, 6.45) is 2.72. The van der Waals surface area contributed by atoms with E-state index >= 15 is 0 Å². The maximum absolute atomic E-state index is 12.0. The van der Waals surface area contributed by atoms with E-state index in [0.717, 1.165) is 18.6 Å². The van der Waals surface area contributed by atoms with Gasteiger partial charge in [-0.2, -0.15) is 11.8 Å². The number of hydrogen-bond acceptors (Lipinski definition) is 3. The number of aliphatic carboxylic acids is 1. The third kappa shape index (κ3) is 3.63. The zero-order chi connectivity index (χ0) is 13.1. The van der Waals surface area contributed by atoms with Crippen LogP contribution in [0.3, 0.4) is 0 Å². The number of likely N-dealkylation sites (N-methyl/N-ethyl adjacent to an activating group) is 1. The summed E-state index contributed by atoms with van der Waals surface area (Å²) in [7, 11) is 1.58. The Bertz CT molecular complexity index is 298. The standard InChI is InChI=1S/C12H21NO3S/c1-12(2,11(15)16)13(3)10(14)7-9-5-4-6-17-8-9/h9H,4-8H2,1-3H3,(H,15,16). The van der Waals surface area contributed by atoms with E-state index in [4.69, 9.17) is 5.11 Å². The average molecular weight is 259 g/mol. The lowest BCUT2D eigenvalue weighted by Gasteiger charge is -2.33. The molecular formula is C12H21NO3S. The van der Waals surface area contributed by atoms with Crippen LogP contribution in [0.25, 0.3) is 0 Å². The van der Waals surface area contributed by atoms with Crippen LogP contribution in [-0.2, 0) is 9.59 Å². The molecule has 0 spiro atoms. The first kappa shape index (κ1) is 14.4. The van der Waals surface area contributed by atoms with Gasteiger partial charge in [0, 0.05) is 13.5 Å². The largest absolute Gasteiger partial charge is 0.480 e. The van der Waals surface area contributed by atoms with Gasteiger partial charge >= 0.3 is 5.97 Å². The van der Waals surface area contributed by atoms with E-state index in [1.165, 1.54) is 10.7 Å². The van der Waals surface area contributed by atoms with Gasteiger partial charge in [-0.25, -0.2) is 4.79 Å². The summed E-state index contributed by atoms with van der Waals surface area (Å²) in [5, 5.41) is 9.07. The molecule has 0 radical (unpaired) electrons. The first-order valence-electron chi connectivity index (χ1n) is 5.93. The Morgan fingerprint density at radius 3 is 2.59 bits per heavy atom. The molecule has 0 aliphatic carbocycles. The third-order valence-corrected chi connectivity index (χ3v) is 4.74. The molecule has 1 N–H and O–H groups in total. The van der Waals surface area contributed by atoms with Gasteiger partial charge in [-0.3, -0.25) is 4.79 Å². The van der Waals surface area contributed by atoms with E-state index in [2.05, 4.69) is 0 Å². The Morgan fingerprint density at radius 2 is 2.12 bits per heavy atom. The SMILES string of the molecule is CN(C(=O)CC1CCCSC1)C(C)(C)C(=O)O. The van der Waals surface area contributed by atoms with Crippen LogP contribution in [0.4, 0.5) is 0 Å². The lowest BCUT2D eigenvalue weighted by molar-refractivity contribution is -0.155. The fourth-order valence-electron chi connectivity index (χ4n) is 1.81. The highest BCUT2D eigenvalue weighted by Gasteiger charge is 2.35. The van der Waals surface area contributed by atoms with Crippen LogP contribution >= 0.6 is 11.8 Å². The van der Waals surface area contributed by atoms with Crippen molar-refractivity contribution in [1.82, 2.24) is 4.90 Å². The predicted octanol–water partition coefficient (Wildman–Crippen LogP) is 1.84. The number of carbonyl (C=O) groups is 2. The summed E-state index contributed by atoms with van der Waals surface area (Å²) >= 11 is 1.88. The minimum atomic E-state index is -1.13. The zero-order valence-corrected chi connectivity index (χ0v) is 11.5. The maximum atomic E-state index is 12.0. The van der Waals surface area contributed by atoms with Crippen LogP contribution in [0.15, 0.2) is 0 Å². The Hall–Kier alpha value is -0.710. The number of amides is 1. The predicted molar refractivity (Wildman–Crippen MR) is 69.2 cm³/mol. The molecule has 98 valence electrons. The van der Waals surface area contributed by atoms with E-state index in [-0.39, 0.29) is 5.91 Å². The minimum absolute atomic E-state index is 0.0649. The van der Waals surface area contributed by atoms with E-state index < -0.39 is 11.5 Å². The fourth-order valence-corrected chi connectivity index (χ4v) is 2.96. The number of carbonyl (C=O) groups excluding carboxylic acids is 1. The van der Waals surface area contributed by atoms with Gasteiger partial charge < -0.3 is 10.0 Å². The zero-order valence-electron chi connectivity index (χ0n) is 10.7. The van der Waals surface area contributed by atoms with Crippen LogP contribution in [0.1, 0.15) is 33.1 Å². The quantitative estimate of drug-likeness (QED) is 0.837. The summed E-state index contributed by atoms with van der Waals surface area (Å²) < 4.78 is 0. The molecule has 1 amide bonds. The second-order valence-corrected chi connectivity index (χ2v) is 6.25. The van der Waals surface area contributed by atoms with Crippen molar-refractivity contribution >= 4 is 23.6 Å². The highest BCUT2D eigenvalue weighted by molar-refractivity contribution is 7.99. The van der Waals surface area contributed by atoms with Gasteiger partial charge in [-0.15, -0.1) is 0 Å². The number of carboxylic acids is 1. The molecule has 0 bridgehead atoms. The average Bonchev–Trinajstić information content (AvgIpc) is 2.29. The van der Waals surface area contributed by atoms with E-state index in [0.29, 0.717) is 12.3 Å². The lowest BCUT2D eigenvalue weighted by Crippen LogP contribution is -2.51.